The van der Waals surface area contributed by atoms with Crippen LogP contribution in [0.1, 0.15) is 0 Å². The molecule has 3 aromatic rings. The van der Waals surface area contributed by atoms with Crippen LogP contribution in [-0.2, 0) is 6.54 Å². The normalized spacial score (nSPS) is 10.5. The minimum Gasteiger partial charge on any atom is -0.394 e. The van der Waals surface area contributed by atoms with Crippen molar-refractivity contribution in [2.24, 2.45) is 0 Å². The molecule has 3 rings (SSSR count). The Morgan fingerprint density at radius 3 is 2.71 bits per heavy atom. The third-order valence-electron chi connectivity index (χ3n) is 3.35. The van der Waals surface area contributed by atoms with Gasteiger partial charge in [0.25, 0.3) is 5.69 Å². The van der Waals surface area contributed by atoms with E-state index in [1.807, 2.05) is 6.07 Å². The van der Waals surface area contributed by atoms with Crippen LogP contribution in [-0.4, -0.2) is 31.4 Å². The van der Waals surface area contributed by atoms with E-state index < -0.39 is 4.92 Å². The summed E-state index contributed by atoms with van der Waals surface area (Å²) in [7, 11) is 0. The first-order chi connectivity index (χ1) is 11.7. The average molecular weight is 325 g/mol. The molecule has 1 aromatic carbocycles. The second-order valence-electron chi connectivity index (χ2n) is 5.03. The third-order valence-corrected chi connectivity index (χ3v) is 3.35. The smallest absolute Gasteiger partial charge is 0.295 e. The van der Waals surface area contributed by atoms with E-state index in [0.717, 1.165) is 0 Å². The molecule has 0 saturated carbocycles. The molecule has 0 fully saturated rings. The largest absolute Gasteiger partial charge is 0.394 e. The Hall–Kier alpha value is -3.26. The maximum atomic E-state index is 11.2. The molecule has 0 spiro atoms. The van der Waals surface area contributed by atoms with Gasteiger partial charge in [-0.3, -0.25) is 14.8 Å². The first kappa shape index (κ1) is 15.6. The number of anilines is 2. The van der Waals surface area contributed by atoms with Crippen molar-refractivity contribution in [3.63, 3.8) is 0 Å². The molecule has 24 heavy (non-hydrogen) atoms. The fourth-order valence-electron chi connectivity index (χ4n) is 2.28. The van der Waals surface area contributed by atoms with Gasteiger partial charge in [-0.2, -0.15) is 5.10 Å². The van der Waals surface area contributed by atoms with E-state index in [2.05, 4.69) is 15.4 Å². The third kappa shape index (κ3) is 3.39. The number of hydrogen-bond donors (Lipinski definition) is 2. The Morgan fingerprint density at radius 1 is 1.21 bits per heavy atom. The number of benzene rings is 1. The van der Waals surface area contributed by atoms with E-state index in [1.54, 1.807) is 47.4 Å². The molecule has 0 aliphatic heterocycles. The molecular weight excluding hydrogens is 310 g/mol. The van der Waals surface area contributed by atoms with Gasteiger partial charge in [-0.05, 0) is 6.07 Å². The highest BCUT2D eigenvalue weighted by Gasteiger charge is 2.17. The molecule has 8 nitrogen and oxygen atoms in total. The minimum absolute atomic E-state index is 0.00490. The van der Waals surface area contributed by atoms with Crippen molar-refractivity contribution in [2.75, 3.05) is 11.9 Å². The van der Waals surface area contributed by atoms with Gasteiger partial charge >= 0.3 is 0 Å². The zero-order valence-electron chi connectivity index (χ0n) is 12.7. The van der Waals surface area contributed by atoms with Gasteiger partial charge in [0.05, 0.1) is 30.0 Å². The van der Waals surface area contributed by atoms with E-state index >= 15 is 0 Å². The number of nitrogens with zero attached hydrogens (tertiary/aromatic N) is 4. The second kappa shape index (κ2) is 6.88. The van der Waals surface area contributed by atoms with Gasteiger partial charge in [0.2, 0.25) is 0 Å². The van der Waals surface area contributed by atoms with Gasteiger partial charge in [0.15, 0.2) is 5.69 Å². The standard InChI is InChI=1S/C16H15N5O3/c22-9-8-20-11-13(10-17-20)18-15-7-6-14(21(23)24)16(19-15)12-4-2-1-3-5-12/h1-7,10-11,22H,8-9H2,(H,18,19). The lowest BCUT2D eigenvalue weighted by atomic mass is 10.1. The van der Waals surface area contributed by atoms with Crippen molar-refractivity contribution < 1.29 is 10.0 Å². The van der Waals surface area contributed by atoms with Gasteiger partial charge in [-0.1, -0.05) is 30.3 Å². The Balaban J connectivity index is 1.93. The van der Waals surface area contributed by atoms with Gasteiger partial charge < -0.3 is 10.4 Å². The number of rotatable bonds is 6. The van der Waals surface area contributed by atoms with Crippen LogP contribution in [0.4, 0.5) is 17.2 Å². The Kier molecular flexibility index (Phi) is 4.48. The number of aliphatic hydroxyl groups is 1. The molecule has 0 amide bonds. The predicted octanol–water partition coefficient (Wildman–Crippen LogP) is 2.59. The lowest BCUT2D eigenvalue weighted by Crippen LogP contribution is -2.01. The molecule has 0 unspecified atom stereocenters. The maximum Gasteiger partial charge on any atom is 0.295 e. The van der Waals surface area contributed by atoms with Gasteiger partial charge in [0, 0.05) is 17.8 Å². The quantitative estimate of drug-likeness (QED) is 0.533. The molecule has 0 aliphatic carbocycles. The average Bonchev–Trinajstić information content (AvgIpc) is 3.03. The highest BCUT2D eigenvalue weighted by atomic mass is 16.6. The molecular formula is C16H15N5O3. The monoisotopic (exact) mass is 325 g/mol. The zero-order valence-corrected chi connectivity index (χ0v) is 12.7. The number of aliphatic hydroxyl groups excluding tert-OH is 1. The summed E-state index contributed by atoms with van der Waals surface area (Å²) in [5.74, 6) is 0.475. The number of aromatic nitrogens is 3. The predicted molar refractivity (Wildman–Crippen MR) is 88.9 cm³/mol. The molecule has 8 heteroatoms. The Bertz CT molecular complexity index is 848. The summed E-state index contributed by atoms with van der Waals surface area (Å²) >= 11 is 0. The molecule has 2 aromatic heterocycles. The fraction of sp³-hybridized carbons (Fsp3) is 0.125. The van der Waals surface area contributed by atoms with Crippen molar-refractivity contribution in [1.29, 1.82) is 0 Å². The van der Waals surface area contributed by atoms with Gasteiger partial charge in [-0.25, -0.2) is 4.98 Å². The molecule has 122 valence electrons. The first-order valence-electron chi connectivity index (χ1n) is 7.28. The highest BCUT2D eigenvalue weighted by Crippen LogP contribution is 2.29. The molecule has 2 N–H and O–H groups in total. The lowest BCUT2D eigenvalue weighted by molar-refractivity contribution is -0.384. The van der Waals surface area contributed by atoms with E-state index in [4.69, 9.17) is 5.11 Å². The van der Waals surface area contributed by atoms with Crippen molar-refractivity contribution >= 4 is 17.2 Å². The maximum absolute atomic E-state index is 11.2. The lowest BCUT2D eigenvalue weighted by Gasteiger charge is -2.07. The summed E-state index contributed by atoms with van der Waals surface area (Å²) < 4.78 is 1.59. The number of pyridine rings is 1. The number of hydrogen-bond acceptors (Lipinski definition) is 6. The van der Waals surface area contributed by atoms with Crippen LogP contribution in [0.15, 0.2) is 54.9 Å². The molecule has 0 bridgehead atoms. The number of nitro groups is 1. The van der Waals surface area contributed by atoms with Crippen LogP contribution >= 0.6 is 0 Å². The van der Waals surface area contributed by atoms with Gasteiger partial charge in [-0.15, -0.1) is 0 Å². The van der Waals surface area contributed by atoms with E-state index in [9.17, 15) is 10.1 Å². The highest BCUT2D eigenvalue weighted by molar-refractivity contribution is 5.72. The summed E-state index contributed by atoms with van der Waals surface area (Å²) in [5.41, 5.74) is 1.60. The Morgan fingerprint density at radius 2 is 2.00 bits per heavy atom. The van der Waals surface area contributed by atoms with Crippen molar-refractivity contribution in [3.8, 4) is 11.3 Å². The second-order valence-corrected chi connectivity index (χ2v) is 5.03. The van der Waals surface area contributed by atoms with E-state index in [0.29, 0.717) is 29.3 Å². The molecule has 0 atom stereocenters. The van der Waals surface area contributed by atoms with E-state index in [1.165, 1.54) is 6.07 Å². The molecule has 0 aliphatic rings. The summed E-state index contributed by atoms with van der Waals surface area (Å²) in [4.78, 5) is 15.2. The SMILES string of the molecule is O=[N+]([O-])c1ccc(Nc2cnn(CCO)c2)nc1-c1ccccc1. The van der Waals surface area contributed by atoms with E-state index in [-0.39, 0.29) is 12.3 Å². The fourth-order valence-corrected chi connectivity index (χ4v) is 2.28. The van der Waals surface area contributed by atoms with Crippen LogP contribution in [0.25, 0.3) is 11.3 Å². The summed E-state index contributed by atoms with van der Waals surface area (Å²) in [6.07, 6.45) is 3.32. The van der Waals surface area contributed by atoms with Crippen LogP contribution in [0.3, 0.4) is 0 Å². The van der Waals surface area contributed by atoms with Crippen LogP contribution in [0.5, 0.6) is 0 Å². The first-order valence-corrected chi connectivity index (χ1v) is 7.28. The molecule has 2 heterocycles. The Labute approximate surface area is 137 Å². The van der Waals surface area contributed by atoms with Crippen molar-refractivity contribution in [3.05, 3.63) is 65.0 Å². The van der Waals surface area contributed by atoms with Gasteiger partial charge in [0.1, 0.15) is 5.82 Å². The topological polar surface area (TPSA) is 106 Å². The van der Waals surface area contributed by atoms with Crippen molar-refractivity contribution in [2.45, 2.75) is 6.54 Å². The van der Waals surface area contributed by atoms with Crippen LogP contribution in [0, 0.1) is 10.1 Å². The van der Waals surface area contributed by atoms with Crippen molar-refractivity contribution in [1.82, 2.24) is 14.8 Å². The van der Waals surface area contributed by atoms with Crippen LogP contribution < -0.4 is 5.32 Å². The summed E-state index contributed by atoms with van der Waals surface area (Å²) in [6, 6.07) is 12.0. The summed E-state index contributed by atoms with van der Waals surface area (Å²) in [5, 5.41) is 27.3. The minimum atomic E-state index is -0.446. The number of nitrogens with one attached hydrogen (secondary N) is 1. The summed E-state index contributed by atoms with van der Waals surface area (Å²) in [6.45, 7) is 0.389. The zero-order chi connectivity index (χ0) is 16.9. The molecule has 0 saturated heterocycles. The van der Waals surface area contributed by atoms with Crippen LogP contribution in [0.2, 0.25) is 0 Å². The molecule has 0 radical (unpaired) electrons.